The number of carboxylic acid groups (broad SMARTS) is 1. The molecule has 18 heavy (non-hydrogen) atoms. The molecule has 1 saturated carbocycles. The minimum atomic E-state index is -0.808. The Bertz CT molecular complexity index is 302. The standard InChI is InChI=1S/C12H22N2O4/c1-4-14(7-11(15)16)10-5-9(6-10)13-12(17)8(2)18-3/h8-10H,4-7H2,1-3H3,(H,13,17)(H,15,16)/t8-,9?,10?/m0/s1. The Labute approximate surface area is 107 Å². The topological polar surface area (TPSA) is 78.9 Å². The van der Waals surface area contributed by atoms with E-state index < -0.39 is 12.1 Å². The summed E-state index contributed by atoms with van der Waals surface area (Å²) >= 11 is 0. The zero-order chi connectivity index (χ0) is 13.7. The highest BCUT2D eigenvalue weighted by atomic mass is 16.5. The van der Waals surface area contributed by atoms with Gasteiger partial charge in [-0.15, -0.1) is 0 Å². The van der Waals surface area contributed by atoms with Crippen molar-refractivity contribution in [3.8, 4) is 0 Å². The van der Waals surface area contributed by atoms with Crippen LogP contribution >= 0.6 is 0 Å². The fourth-order valence-corrected chi connectivity index (χ4v) is 2.10. The monoisotopic (exact) mass is 258 g/mol. The minimum Gasteiger partial charge on any atom is -0.480 e. The fourth-order valence-electron chi connectivity index (χ4n) is 2.10. The second-order valence-corrected chi connectivity index (χ2v) is 4.67. The minimum absolute atomic E-state index is 0.0658. The summed E-state index contributed by atoms with van der Waals surface area (Å²) in [5.41, 5.74) is 0. The van der Waals surface area contributed by atoms with Crippen LogP contribution in [0.2, 0.25) is 0 Å². The van der Waals surface area contributed by atoms with Gasteiger partial charge in [0, 0.05) is 19.2 Å². The lowest BCUT2D eigenvalue weighted by atomic mass is 9.85. The highest BCUT2D eigenvalue weighted by molar-refractivity contribution is 5.80. The molecule has 1 rings (SSSR count). The van der Waals surface area contributed by atoms with E-state index in [1.807, 2.05) is 11.8 Å². The molecule has 1 fully saturated rings. The maximum absolute atomic E-state index is 11.6. The Balaban J connectivity index is 2.30. The van der Waals surface area contributed by atoms with Crippen LogP contribution in [0.15, 0.2) is 0 Å². The predicted octanol–water partition coefficient (Wildman–Crippen LogP) is 0.0750. The molecule has 0 radical (unpaired) electrons. The average molecular weight is 258 g/mol. The van der Waals surface area contributed by atoms with Crippen LogP contribution in [-0.4, -0.2) is 60.3 Å². The second kappa shape index (κ2) is 6.70. The summed E-state index contributed by atoms with van der Waals surface area (Å²) in [6, 6.07) is 0.400. The summed E-state index contributed by atoms with van der Waals surface area (Å²) in [7, 11) is 1.50. The smallest absolute Gasteiger partial charge is 0.317 e. The molecule has 0 bridgehead atoms. The van der Waals surface area contributed by atoms with E-state index in [1.165, 1.54) is 7.11 Å². The first-order chi connectivity index (χ1) is 8.47. The van der Waals surface area contributed by atoms with Crippen molar-refractivity contribution in [3.63, 3.8) is 0 Å². The van der Waals surface area contributed by atoms with E-state index in [-0.39, 0.29) is 24.5 Å². The molecular weight excluding hydrogens is 236 g/mol. The molecule has 0 unspecified atom stereocenters. The number of nitrogens with one attached hydrogen (secondary N) is 1. The van der Waals surface area contributed by atoms with Crippen molar-refractivity contribution in [2.24, 2.45) is 0 Å². The third kappa shape index (κ3) is 3.96. The summed E-state index contributed by atoms with van der Waals surface area (Å²) in [5.74, 6) is -0.917. The lowest BCUT2D eigenvalue weighted by Gasteiger charge is -2.42. The number of hydrogen-bond acceptors (Lipinski definition) is 4. The molecule has 0 aliphatic heterocycles. The molecule has 6 heteroatoms. The van der Waals surface area contributed by atoms with Crippen LogP contribution in [0.5, 0.6) is 0 Å². The second-order valence-electron chi connectivity index (χ2n) is 4.67. The first kappa shape index (κ1) is 14.9. The van der Waals surface area contributed by atoms with Crippen molar-refractivity contribution in [3.05, 3.63) is 0 Å². The number of methoxy groups -OCH3 is 1. The zero-order valence-electron chi connectivity index (χ0n) is 11.2. The van der Waals surface area contributed by atoms with Crippen LogP contribution in [0.4, 0.5) is 0 Å². The molecule has 0 aromatic heterocycles. The van der Waals surface area contributed by atoms with Crippen LogP contribution < -0.4 is 5.32 Å². The summed E-state index contributed by atoms with van der Waals surface area (Å²) in [6.45, 7) is 4.43. The third-order valence-corrected chi connectivity index (χ3v) is 3.44. The summed E-state index contributed by atoms with van der Waals surface area (Å²) in [6.07, 6.45) is 1.18. The number of hydrogen-bond donors (Lipinski definition) is 2. The van der Waals surface area contributed by atoms with Gasteiger partial charge in [-0.2, -0.15) is 0 Å². The molecule has 6 nitrogen and oxygen atoms in total. The van der Waals surface area contributed by atoms with Gasteiger partial charge in [0.15, 0.2) is 0 Å². The maximum Gasteiger partial charge on any atom is 0.317 e. The molecule has 1 aliphatic carbocycles. The van der Waals surface area contributed by atoms with E-state index in [1.54, 1.807) is 6.92 Å². The van der Waals surface area contributed by atoms with E-state index >= 15 is 0 Å². The van der Waals surface area contributed by atoms with Gasteiger partial charge in [-0.3, -0.25) is 14.5 Å². The van der Waals surface area contributed by atoms with Crippen molar-refractivity contribution < 1.29 is 19.4 Å². The number of rotatable bonds is 7. The first-order valence-electron chi connectivity index (χ1n) is 6.26. The van der Waals surface area contributed by atoms with Gasteiger partial charge in [0.1, 0.15) is 6.10 Å². The van der Waals surface area contributed by atoms with Gasteiger partial charge in [0.2, 0.25) is 5.91 Å². The molecule has 0 saturated heterocycles. The molecule has 1 aliphatic rings. The molecule has 1 atom stereocenters. The van der Waals surface area contributed by atoms with Gasteiger partial charge in [0.05, 0.1) is 6.54 Å². The van der Waals surface area contributed by atoms with Crippen molar-refractivity contribution in [2.75, 3.05) is 20.2 Å². The largest absolute Gasteiger partial charge is 0.480 e. The number of carboxylic acids is 1. The Morgan fingerprint density at radius 3 is 2.56 bits per heavy atom. The first-order valence-corrected chi connectivity index (χ1v) is 6.26. The lowest BCUT2D eigenvalue weighted by Crippen LogP contribution is -2.56. The van der Waals surface area contributed by atoms with Crippen LogP contribution in [-0.2, 0) is 14.3 Å². The number of likely N-dealkylation sites (N-methyl/N-ethyl adjacent to an activating group) is 1. The van der Waals surface area contributed by atoms with Crippen molar-refractivity contribution in [1.82, 2.24) is 10.2 Å². The van der Waals surface area contributed by atoms with Crippen LogP contribution in [0, 0.1) is 0 Å². The average Bonchev–Trinajstić information content (AvgIpc) is 2.28. The quantitative estimate of drug-likeness (QED) is 0.676. The number of nitrogens with zero attached hydrogens (tertiary/aromatic N) is 1. The van der Waals surface area contributed by atoms with E-state index in [0.29, 0.717) is 6.54 Å². The Kier molecular flexibility index (Phi) is 5.55. The predicted molar refractivity (Wildman–Crippen MR) is 66.3 cm³/mol. The Morgan fingerprint density at radius 1 is 1.50 bits per heavy atom. The Morgan fingerprint density at radius 2 is 2.11 bits per heavy atom. The number of ether oxygens (including phenoxy) is 1. The van der Waals surface area contributed by atoms with Gasteiger partial charge < -0.3 is 15.2 Å². The van der Waals surface area contributed by atoms with Crippen LogP contribution in [0.3, 0.4) is 0 Å². The van der Waals surface area contributed by atoms with Gasteiger partial charge in [-0.25, -0.2) is 0 Å². The number of carbonyl (C=O) groups is 2. The van der Waals surface area contributed by atoms with Crippen molar-refractivity contribution in [2.45, 2.75) is 44.9 Å². The van der Waals surface area contributed by atoms with E-state index in [2.05, 4.69) is 5.32 Å². The molecule has 0 spiro atoms. The van der Waals surface area contributed by atoms with E-state index in [0.717, 1.165) is 12.8 Å². The summed E-state index contributed by atoms with van der Waals surface area (Å²) in [4.78, 5) is 24.2. The molecule has 0 aromatic carbocycles. The molecule has 0 heterocycles. The van der Waals surface area contributed by atoms with Gasteiger partial charge >= 0.3 is 5.97 Å². The highest BCUT2D eigenvalue weighted by Crippen LogP contribution is 2.25. The van der Waals surface area contributed by atoms with Crippen molar-refractivity contribution >= 4 is 11.9 Å². The van der Waals surface area contributed by atoms with Gasteiger partial charge in [-0.05, 0) is 26.3 Å². The summed E-state index contributed by atoms with van der Waals surface area (Å²) in [5, 5.41) is 11.7. The fraction of sp³-hybridized carbons (Fsp3) is 0.833. The number of aliphatic carboxylic acids is 1. The third-order valence-electron chi connectivity index (χ3n) is 3.44. The van der Waals surface area contributed by atoms with Crippen LogP contribution in [0.1, 0.15) is 26.7 Å². The summed E-state index contributed by atoms with van der Waals surface area (Å²) < 4.78 is 4.93. The zero-order valence-corrected chi connectivity index (χ0v) is 11.2. The van der Waals surface area contributed by atoms with Crippen LogP contribution in [0.25, 0.3) is 0 Å². The molecule has 1 amide bonds. The normalized spacial score (nSPS) is 24.4. The van der Waals surface area contributed by atoms with E-state index in [9.17, 15) is 9.59 Å². The molecule has 0 aromatic rings. The molecule has 2 N–H and O–H groups in total. The molecular formula is C12H22N2O4. The van der Waals surface area contributed by atoms with E-state index in [4.69, 9.17) is 9.84 Å². The van der Waals surface area contributed by atoms with Gasteiger partial charge in [0.25, 0.3) is 0 Å². The lowest BCUT2D eigenvalue weighted by molar-refractivity contribution is -0.140. The highest BCUT2D eigenvalue weighted by Gasteiger charge is 2.35. The molecule has 104 valence electrons. The SMILES string of the molecule is CCN(CC(=O)O)C1CC(NC(=O)[C@H](C)OC)C1. The number of carbonyl (C=O) groups excluding carboxylic acids is 1. The number of amides is 1. The van der Waals surface area contributed by atoms with Gasteiger partial charge in [-0.1, -0.05) is 6.92 Å². The Hall–Kier alpha value is -1.14. The van der Waals surface area contributed by atoms with Crippen molar-refractivity contribution in [1.29, 1.82) is 0 Å². The maximum atomic E-state index is 11.6.